The molecule has 0 amide bonds. The fourth-order valence-electron chi connectivity index (χ4n) is 4.62. The van der Waals surface area contributed by atoms with Gasteiger partial charge in [0.25, 0.3) is 5.60 Å². The Morgan fingerprint density at radius 2 is 0.944 bits per heavy atom. The maximum atomic E-state index is 13.9. The van der Waals surface area contributed by atoms with E-state index in [1.165, 1.54) is 0 Å². The minimum Gasteiger partial charge on any atom is -0.440 e. The molecule has 0 radical (unpaired) electrons. The Kier molecular flexibility index (Phi) is 16.7. The normalized spacial score (nSPS) is 17.1. The van der Waals surface area contributed by atoms with Crippen LogP contribution in [0.5, 0.6) is 0 Å². The van der Waals surface area contributed by atoms with Crippen LogP contribution in [-0.4, -0.2) is 46.1 Å². The van der Waals surface area contributed by atoms with Gasteiger partial charge in [-0.05, 0) is 37.0 Å². The van der Waals surface area contributed by atoms with Crippen molar-refractivity contribution in [1.29, 1.82) is 0 Å². The summed E-state index contributed by atoms with van der Waals surface area (Å²) in [5.41, 5.74) is -2.38. The smallest absolute Gasteiger partial charge is 0.310 e. The molecule has 6 nitrogen and oxygen atoms in total. The first-order valence-corrected chi connectivity index (χ1v) is 14.3. The molecule has 0 aromatic heterocycles. The summed E-state index contributed by atoms with van der Waals surface area (Å²) in [6.07, 6.45) is 5.02. The fourth-order valence-corrected chi connectivity index (χ4v) is 4.62. The lowest BCUT2D eigenvalue weighted by Crippen LogP contribution is -2.63. The van der Waals surface area contributed by atoms with E-state index < -0.39 is 53.6 Å². The first kappa shape index (κ1) is 34.7. The van der Waals surface area contributed by atoms with Gasteiger partial charge < -0.3 is 14.9 Å². The zero-order valence-corrected chi connectivity index (χ0v) is 24.6. The fraction of sp³-hybridized carbons (Fsp3) is 0.900. The molecule has 0 aliphatic carbocycles. The quantitative estimate of drug-likeness (QED) is 0.150. The second kappa shape index (κ2) is 17.3. The average molecular weight is 513 g/mol. The van der Waals surface area contributed by atoms with Crippen LogP contribution in [0.3, 0.4) is 0 Å². The summed E-state index contributed by atoms with van der Waals surface area (Å²) in [6.45, 7) is 17.0. The van der Waals surface area contributed by atoms with Crippen LogP contribution in [-0.2, 0) is 19.1 Å². The number of ether oxygens (including phenoxy) is 1. The van der Waals surface area contributed by atoms with Crippen LogP contribution >= 0.6 is 0 Å². The molecule has 6 heteroatoms. The van der Waals surface area contributed by atoms with Gasteiger partial charge in [0.1, 0.15) is 6.10 Å². The Hall–Kier alpha value is -1.27. The lowest BCUT2D eigenvalue weighted by molar-refractivity contribution is -0.194. The van der Waals surface area contributed by atoms with Crippen LogP contribution < -0.4 is 0 Å². The van der Waals surface area contributed by atoms with Crippen molar-refractivity contribution in [1.82, 2.24) is 0 Å². The van der Waals surface area contributed by atoms with Crippen molar-refractivity contribution in [2.24, 2.45) is 35.5 Å². The van der Waals surface area contributed by atoms with Gasteiger partial charge >= 0.3 is 5.97 Å². The van der Waals surface area contributed by atoms with Gasteiger partial charge in [0.2, 0.25) is 0 Å². The number of hydrogen-bond donors (Lipinski definition) is 2. The highest BCUT2D eigenvalue weighted by atomic mass is 16.6. The molecule has 0 aliphatic heterocycles. The Morgan fingerprint density at radius 1 is 0.611 bits per heavy atom. The minimum absolute atomic E-state index is 0.479. The summed E-state index contributed by atoms with van der Waals surface area (Å²) in [7, 11) is 0. The number of rotatable bonds is 20. The second-order valence-corrected chi connectivity index (χ2v) is 12.3. The van der Waals surface area contributed by atoms with Gasteiger partial charge in [-0.1, -0.05) is 101 Å². The van der Waals surface area contributed by atoms with Crippen LogP contribution in [0.1, 0.15) is 120 Å². The molecule has 0 heterocycles. The number of hydrogen-bond acceptors (Lipinski definition) is 6. The Morgan fingerprint density at radius 3 is 1.25 bits per heavy atom. The van der Waals surface area contributed by atoms with E-state index in [4.69, 9.17) is 4.74 Å². The number of aliphatic hydroxyl groups excluding tert-OH is 2. The number of carbonyl (C=O) groups excluding carboxylic acids is 3. The van der Waals surface area contributed by atoms with Crippen LogP contribution in [0.25, 0.3) is 0 Å². The lowest BCUT2D eigenvalue weighted by Gasteiger charge is -2.38. The van der Waals surface area contributed by atoms with E-state index in [0.717, 1.165) is 38.5 Å². The van der Waals surface area contributed by atoms with E-state index >= 15 is 0 Å². The number of Topliss-reactive ketones (excluding diaryl/α,β-unsaturated/α-hetero) is 2. The van der Waals surface area contributed by atoms with Crippen molar-refractivity contribution < 1.29 is 29.3 Å². The van der Waals surface area contributed by atoms with Crippen LogP contribution in [0.4, 0.5) is 0 Å². The third-order valence-corrected chi connectivity index (χ3v) is 7.19. The Balaban J connectivity index is 6.08. The molecule has 2 N–H and O–H groups in total. The molecule has 0 aromatic rings. The minimum atomic E-state index is -2.38. The summed E-state index contributed by atoms with van der Waals surface area (Å²) >= 11 is 0. The maximum Gasteiger partial charge on any atom is 0.310 e. The lowest BCUT2D eigenvalue weighted by atomic mass is 9.75. The number of esters is 1. The molecule has 0 aliphatic rings. The summed E-state index contributed by atoms with van der Waals surface area (Å²) < 4.78 is 5.78. The van der Waals surface area contributed by atoms with E-state index in [9.17, 15) is 24.6 Å². The zero-order valence-electron chi connectivity index (χ0n) is 24.6. The third kappa shape index (κ3) is 11.4. The molecule has 0 saturated heterocycles. The summed E-state index contributed by atoms with van der Waals surface area (Å²) in [6, 6.07) is 0. The van der Waals surface area contributed by atoms with Gasteiger partial charge in [0, 0.05) is 11.8 Å². The molecular formula is C30H56O6. The molecule has 0 aromatic carbocycles. The monoisotopic (exact) mass is 512 g/mol. The Bertz CT molecular complexity index is 622. The molecule has 0 bridgehead atoms. The van der Waals surface area contributed by atoms with E-state index in [-0.39, 0.29) is 0 Å². The van der Waals surface area contributed by atoms with E-state index in [0.29, 0.717) is 37.0 Å². The predicted molar refractivity (Wildman–Crippen MR) is 145 cm³/mol. The highest BCUT2D eigenvalue weighted by Crippen LogP contribution is 2.32. The molecule has 0 spiro atoms. The first-order valence-electron chi connectivity index (χ1n) is 14.3. The molecule has 4 atom stereocenters. The molecular weight excluding hydrogens is 456 g/mol. The molecule has 212 valence electrons. The van der Waals surface area contributed by atoms with E-state index in [1.54, 1.807) is 20.8 Å². The first-order chi connectivity index (χ1) is 16.7. The summed E-state index contributed by atoms with van der Waals surface area (Å²) in [5.74, 6) is -2.13. The van der Waals surface area contributed by atoms with Crippen molar-refractivity contribution >= 4 is 17.5 Å². The largest absolute Gasteiger partial charge is 0.440 e. The van der Waals surface area contributed by atoms with Gasteiger partial charge in [0.15, 0.2) is 11.6 Å². The highest BCUT2D eigenvalue weighted by molar-refractivity contribution is 6.13. The van der Waals surface area contributed by atoms with Crippen molar-refractivity contribution in [2.75, 3.05) is 6.61 Å². The van der Waals surface area contributed by atoms with Crippen molar-refractivity contribution in [3.05, 3.63) is 0 Å². The standard InChI is InChI=1S/C30H56O6/c1-20(2)13-10-16-23(7)27(33)30(26(32)19-31,28(34)24(8)17-11-14-21(3)4)36-29(35)25(9)18-12-15-22(5)6/h20-26,31-32H,10-19H2,1-9H3. The van der Waals surface area contributed by atoms with Gasteiger partial charge in [-0.15, -0.1) is 0 Å². The van der Waals surface area contributed by atoms with Gasteiger partial charge in [-0.3, -0.25) is 14.4 Å². The zero-order chi connectivity index (χ0) is 28.1. The Labute approximate surface area is 221 Å². The van der Waals surface area contributed by atoms with Crippen molar-refractivity contribution in [3.8, 4) is 0 Å². The van der Waals surface area contributed by atoms with Crippen LogP contribution in [0.2, 0.25) is 0 Å². The molecule has 0 rings (SSSR count). The van der Waals surface area contributed by atoms with E-state index in [1.807, 2.05) is 0 Å². The molecule has 0 saturated carbocycles. The van der Waals surface area contributed by atoms with Crippen LogP contribution in [0, 0.1) is 35.5 Å². The predicted octanol–water partition coefficient (Wildman–Crippen LogP) is 6.15. The van der Waals surface area contributed by atoms with Gasteiger partial charge in [0.05, 0.1) is 12.5 Å². The second-order valence-electron chi connectivity index (χ2n) is 12.3. The SMILES string of the molecule is CC(C)CCCC(C)C(=O)OC(C(=O)C(C)CCCC(C)C)(C(=O)C(C)CCCC(C)C)C(O)CO. The topological polar surface area (TPSA) is 101 Å². The number of aliphatic hydroxyl groups is 2. The van der Waals surface area contributed by atoms with Crippen molar-refractivity contribution in [3.63, 3.8) is 0 Å². The van der Waals surface area contributed by atoms with Gasteiger partial charge in [-0.25, -0.2) is 0 Å². The number of ketones is 2. The maximum absolute atomic E-state index is 13.9. The van der Waals surface area contributed by atoms with Crippen molar-refractivity contribution in [2.45, 2.75) is 132 Å². The molecule has 0 fully saturated rings. The molecule has 4 unspecified atom stereocenters. The number of carbonyl (C=O) groups is 3. The van der Waals surface area contributed by atoms with Crippen LogP contribution in [0.15, 0.2) is 0 Å². The van der Waals surface area contributed by atoms with Gasteiger partial charge in [-0.2, -0.15) is 0 Å². The molecule has 36 heavy (non-hydrogen) atoms. The third-order valence-electron chi connectivity index (χ3n) is 7.19. The summed E-state index contributed by atoms with van der Waals surface area (Å²) in [5, 5.41) is 20.9. The van der Waals surface area contributed by atoms with E-state index in [2.05, 4.69) is 41.5 Å². The summed E-state index contributed by atoms with van der Waals surface area (Å²) in [4.78, 5) is 40.9. The average Bonchev–Trinajstić information content (AvgIpc) is 2.79. The highest BCUT2D eigenvalue weighted by Gasteiger charge is 2.57.